The molecule has 0 N–H and O–H groups in total. The molecular weight excluding hydrogens is 622 g/mol. The van der Waals surface area contributed by atoms with Crippen LogP contribution in [0.3, 0.4) is 0 Å². The molecule has 1 aliphatic rings. The molecule has 0 radical (unpaired) electrons. The number of benzene rings is 3. The molecule has 2 aromatic heterocycles. The van der Waals surface area contributed by atoms with Crippen molar-refractivity contribution in [3.8, 4) is 17.2 Å². The van der Waals surface area contributed by atoms with E-state index < -0.39 is 6.03 Å². The number of nitrogens with zero attached hydrogens (tertiary/aromatic N) is 2. The van der Waals surface area contributed by atoms with Crippen LogP contribution in [-0.4, -0.2) is 0 Å². The van der Waals surface area contributed by atoms with Gasteiger partial charge in [0, 0.05) is 0 Å². The van der Waals surface area contributed by atoms with Crippen molar-refractivity contribution >= 4 is 21.8 Å². The van der Waals surface area contributed by atoms with Gasteiger partial charge in [0.25, 0.3) is 0 Å². The van der Waals surface area contributed by atoms with Crippen molar-refractivity contribution in [1.29, 1.82) is 0 Å². The maximum atomic E-state index is 6.92. The van der Waals surface area contributed by atoms with Crippen LogP contribution >= 0.6 is 0 Å². The monoisotopic (exact) mass is 645 g/mol. The third-order valence-corrected chi connectivity index (χ3v) is 7.00. The van der Waals surface area contributed by atoms with Crippen LogP contribution in [0.5, 0.6) is 17.2 Å². The van der Waals surface area contributed by atoms with E-state index in [1.54, 1.807) is 0 Å². The maximum absolute atomic E-state index is 6.92. The summed E-state index contributed by atoms with van der Waals surface area (Å²) < 4.78 is 24.0. The Balaban J connectivity index is 1.77. The van der Waals surface area contributed by atoms with E-state index >= 15 is 0 Å². The van der Waals surface area contributed by atoms with Gasteiger partial charge in [-0.05, 0) is 0 Å². The second kappa shape index (κ2) is 7.92. The Hall–Kier alpha value is -3.24. The molecule has 1 unspecified atom stereocenters. The topological polar surface area (TPSA) is 35.5 Å². The summed E-state index contributed by atoms with van der Waals surface area (Å²) in [5.41, 5.74) is 5.02. The van der Waals surface area contributed by atoms with Crippen LogP contribution in [0.4, 0.5) is 0 Å². The molecule has 0 spiro atoms. The zero-order valence-corrected chi connectivity index (χ0v) is 22.0. The van der Waals surface area contributed by atoms with Crippen molar-refractivity contribution in [2.75, 3.05) is 0 Å². The fourth-order valence-electron chi connectivity index (χ4n) is 4.90. The first-order chi connectivity index (χ1) is 16.5. The van der Waals surface area contributed by atoms with Crippen LogP contribution in [-0.2, 0) is 6.03 Å². The summed E-state index contributed by atoms with van der Waals surface area (Å²) >= 11 is 1.24. The van der Waals surface area contributed by atoms with Crippen LogP contribution in [0, 0.1) is 45.9 Å². The molecule has 3 heterocycles. The fourth-order valence-corrected chi connectivity index (χ4v) is 5.38. The number of hydrogen-bond acceptors (Lipinski definition) is 3. The van der Waals surface area contributed by atoms with Gasteiger partial charge in [-0.1, -0.05) is 0 Å². The zero-order chi connectivity index (χ0) is 23.4. The number of fused-ring (bicyclic) bond motifs is 1. The summed E-state index contributed by atoms with van der Waals surface area (Å²) in [4.78, 5) is 0. The summed E-state index contributed by atoms with van der Waals surface area (Å²) in [6, 6.07) is 27.4. The molecule has 34 heavy (non-hydrogen) atoms. The van der Waals surface area contributed by atoms with E-state index in [9.17, 15) is 0 Å². The van der Waals surface area contributed by atoms with Crippen molar-refractivity contribution in [1.82, 2.24) is 0 Å². The summed E-state index contributed by atoms with van der Waals surface area (Å²) in [5, 5.41) is 2.13. The standard InChI is InChI=1S/C28H23AtN2O3/c1-18-7-4-10-23(17-18)32-28(30-19(2)13-15-21-8-5-11-24(33-28)26(21)30)31-20(3)14-16-22-9-6-12-25(34-29)27(22)31/h4-17H,1-3H3/q+2. The molecule has 168 valence electrons. The molecule has 1 aliphatic heterocycles. The van der Waals surface area contributed by atoms with Crippen molar-refractivity contribution in [3.63, 3.8) is 0 Å². The van der Waals surface area contributed by atoms with Gasteiger partial charge in [-0.25, -0.2) is 0 Å². The first-order valence-corrected chi connectivity index (χ1v) is 12.3. The van der Waals surface area contributed by atoms with Crippen LogP contribution in [0.1, 0.15) is 17.0 Å². The molecule has 5 aromatic rings. The average molecular weight is 646 g/mol. The molecular formula is C28H23AtN2O3+2. The van der Waals surface area contributed by atoms with Gasteiger partial charge < -0.3 is 0 Å². The number of pyridine rings is 2. The van der Waals surface area contributed by atoms with Gasteiger partial charge in [-0.2, -0.15) is 0 Å². The molecule has 6 rings (SSSR count). The zero-order valence-electron chi connectivity index (χ0n) is 19.1. The second-order valence-corrected chi connectivity index (χ2v) is 9.25. The van der Waals surface area contributed by atoms with Crippen molar-refractivity contribution in [3.05, 3.63) is 102 Å². The molecule has 0 bridgehead atoms. The van der Waals surface area contributed by atoms with Crippen molar-refractivity contribution in [2.45, 2.75) is 26.8 Å². The summed E-state index contributed by atoms with van der Waals surface area (Å²) in [6.45, 7) is 6.21. The minimum atomic E-state index is -1.33. The number of ether oxygens (including phenoxy) is 2. The Morgan fingerprint density at radius 1 is 0.735 bits per heavy atom. The number of aryl methyl sites for hydroxylation is 3. The Labute approximate surface area is 213 Å². The van der Waals surface area contributed by atoms with E-state index in [0.29, 0.717) is 0 Å². The van der Waals surface area contributed by atoms with Gasteiger partial charge in [0.15, 0.2) is 0 Å². The van der Waals surface area contributed by atoms with E-state index in [1.165, 1.54) is 25.2 Å². The molecule has 5 nitrogen and oxygen atoms in total. The fraction of sp³-hybridized carbons (Fsp3) is 0.143. The SMILES string of the molecule is Cc1cccc(OC2([n+]3c(C)ccc4cccc(O[At])c43)Oc3cccc4ccc(C)[n+]2c34)c1. The third kappa shape index (κ3) is 3.09. The number of para-hydroxylation sites is 2. The quantitative estimate of drug-likeness (QED) is 0.261. The van der Waals surface area contributed by atoms with Gasteiger partial charge in [-0.15, -0.1) is 0 Å². The average Bonchev–Trinajstić information content (AvgIpc) is 3.17. The van der Waals surface area contributed by atoms with Crippen molar-refractivity contribution in [2.24, 2.45) is 0 Å². The molecule has 6 heteroatoms. The van der Waals surface area contributed by atoms with Gasteiger partial charge in [0.1, 0.15) is 0 Å². The second-order valence-electron chi connectivity index (χ2n) is 8.65. The molecule has 1 atom stereocenters. The predicted octanol–water partition coefficient (Wildman–Crippen LogP) is 4.92. The van der Waals surface area contributed by atoms with Crippen LogP contribution < -0.4 is 21.4 Å². The number of aromatic nitrogens is 2. The van der Waals surface area contributed by atoms with Crippen molar-refractivity contribution < 1.29 is 46.6 Å². The Bertz CT molecular complexity index is 1600. The predicted molar refractivity (Wildman–Crippen MR) is 124 cm³/mol. The molecule has 0 saturated heterocycles. The Kier molecular flexibility index (Phi) is 4.96. The van der Waals surface area contributed by atoms with Crippen LogP contribution in [0.25, 0.3) is 21.8 Å². The van der Waals surface area contributed by atoms with Crippen LogP contribution in [0.15, 0.2) is 84.9 Å². The normalized spacial score (nSPS) is 16.6. The summed E-state index contributed by atoms with van der Waals surface area (Å²) in [6.07, 6.45) is 0. The van der Waals surface area contributed by atoms with E-state index in [-0.39, 0.29) is 0 Å². The number of rotatable bonds is 4. The van der Waals surface area contributed by atoms with Gasteiger partial charge in [-0.3, -0.25) is 0 Å². The van der Waals surface area contributed by atoms with E-state index in [1.807, 2.05) is 42.5 Å². The van der Waals surface area contributed by atoms with Gasteiger partial charge >= 0.3 is 214 Å². The Morgan fingerprint density at radius 2 is 1.38 bits per heavy atom. The number of hydrogen-bond donors (Lipinski definition) is 0. The summed E-state index contributed by atoms with van der Waals surface area (Å²) in [7, 11) is 0. The molecule has 3 aromatic carbocycles. The third-order valence-electron chi connectivity index (χ3n) is 6.35. The summed E-state index contributed by atoms with van der Waals surface area (Å²) in [5.74, 6) is 2.27. The van der Waals surface area contributed by atoms with E-state index in [0.717, 1.165) is 56.0 Å². The van der Waals surface area contributed by atoms with Gasteiger partial charge in [0.2, 0.25) is 0 Å². The van der Waals surface area contributed by atoms with Crippen LogP contribution in [0.2, 0.25) is 0 Å². The molecule has 0 saturated carbocycles. The molecule has 0 aliphatic carbocycles. The first kappa shape index (κ1) is 21.3. The van der Waals surface area contributed by atoms with E-state index in [2.05, 4.69) is 72.4 Å². The molecule has 0 fully saturated rings. The van der Waals surface area contributed by atoms with E-state index in [4.69, 9.17) is 12.3 Å². The first-order valence-electron chi connectivity index (χ1n) is 11.1. The Morgan fingerprint density at radius 3 is 2.09 bits per heavy atom. The minimum absolute atomic E-state index is 0.722. The molecule has 0 amide bonds. The van der Waals surface area contributed by atoms with Gasteiger partial charge in [0.05, 0.1) is 0 Å².